The molecule has 0 saturated carbocycles. The zero-order valence-corrected chi connectivity index (χ0v) is 17.2. The van der Waals surface area contributed by atoms with Crippen LogP contribution in [0, 0.1) is 0 Å². The number of benzene rings is 1. The molecule has 0 saturated heterocycles. The molecule has 0 bridgehead atoms. The van der Waals surface area contributed by atoms with Gasteiger partial charge in [0.05, 0.1) is 29.2 Å². The molecule has 30 heavy (non-hydrogen) atoms. The molecule has 1 aromatic carbocycles. The first-order valence-corrected chi connectivity index (χ1v) is 10.4. The molecule has 1 N–H and O–H groups in total. The van der Waals surface area contributed by atoms with Crippen molar-refractivity contribution in [2.24, 2.45) is 0 Å². The van der Waals surface area contributed by atoms with Crippen molar-refractivity contribution in [1.29, 1.82) is 0 Å². The highest BCUT2D eigenvalue weighted by molar-refractivity contribution is 6.12. The highest BCUT2D eigenvalue weighted by Gasteiger charge is 2.22. The van der Waals surface area contributed by atoms with Crippen molar-refractivity contribution in [3.8, 4) is 17.3 Å². The summed E-state index contributed by atoms with van der Waals surface area (Å²) >= 11 is 0. The largest absolute Gasteiger partial charge is 0.461 e. The molecule has 1 aliphatic rings. The van der Waals surface area contributed by atoms with Gasteiger partial charge in [-0.1, -0.05) is 18.1 Å². The minimum Gasteiger partial charge on any atom is -0.461 e. The summed E-state index contributed by atoms with van der Waals surface area (Å²) in [5.41, 5.74) is 3.46. The van der Waals surface area contributed by atoms with Crippen LogP contribution in [0.4, 0.5) is 0 Å². The number of hydrogen-bond donors (Lipinski definition) is 1. The maximum absolute atomic E-state index is 6.36. The summed E-state index contributed by atoms with van der Waals surface area (Å²) in [4.78, 5) is 12.6. The number of nitrogens with one attached hydrogen (secondary N) is 1. The Bertz CT molecular complexity index is 1240. The van der Waals surface area contributed by atoms with E-state index >= 15 is 0 Å². The number of nitrogens with zero attached hydrogens (tertiary/aromatic N) is 3. The summed E-state index contributed by atoms with van der Waals surface area (Å²) in [5, 5.41) is 6.06. The number of hydrogen-bond acceptors (Lipinski definition) is 6. The predicted octanol–water partition coefficient (Wildman–Crippen LogP) is 5.31. The standard InChI is InChI=1S/C23H24N4O3/c1-3-19-26-23(30-27-19)22-15(13-28-2)20-17(12-24-22)25-16-10-7-11-18(21(16)20)29-14-8-5-4-6-9-14/h7-8,10-12,25H,3-6,9,13H2,1-2H3. The molecular formula is C23H24N4O3. The molecule has 7 nitrogen and oxygen atoms in total. The van der Waals surface area contributed by atoms with E-state index in [0.29, 0.717) is 30.4 Å². The molecule has 0 radical (unpaired) electrons. The number of aromatic nitrogens is 4. The lowest BCUT2D eigenvalue weighted by Crippen LogP contribution is -2.01. The minimum absolute atomic E-state index is 0.369. The van der Waals surface area contributed by atoms with Gasteiger partial charge in [0.25, 0.3) is 5.89 Å². The molecule has 4 aromatic rings. The van der Waals surface area contributed by atoms with Crippen LogP contribution in [0.5, 0.6) is 5.75 Å². The van der Waals surface area contributed by atoms with Gasteiger partial charge in [-0.3, -0.25) is 0 Å². The van der Waals surface area contributed by atoms with Crippen LogP contribution in [-0.4, -0.2) is 27.2 Å². The summed E-state index contributed by atoms with van der Waals surface area (Å²) in [5.74, 6) is 2.93. The van der Waals surface area contributed by atoms with Gasteiger partial charge >= 0.3 is 0 Å². The van der Waals surface area contributed by atoms with Gasteiger partial charge < -0.3 is 19.0 Å². The molecule has 5 rings (SSSR count). The van der Waals surface area contributed by atoms with Crippen LogP contribution in [0.2, 0.25) is 0 Å². The van der Waals surface area contributed by atoms with Gasteiger partial charge in [-0.2, -0.15) is 4.98 Å². The average Bonchev–Trinajstić information content (AvgIpc) is 3.40. The lowest BCUT2D eigenvalue weighted by atomic mass is 10.0. The molecule has 0 aliphatic heterocycles. The SMILES string of the molecule is CCc1noc(-c2ncc3[nH]c4cccc(OC5=CCCCC5)c4c3c2COC)n1. The zero-order valence-electron chi connectivity index (χ0n) is 17.2. The van der Waals surface area contributed by atoms with E-state index in [0.717, 1.165) is 58.1 Å². The fraction of sp³-hybridized carbons (Fsp3) is 0.348. The Kier molecular flexibility index (Phi) is 4.96. The number of rotatable bonds is 6. The number of ether oxygens (including phenoxy) is 2. The highest BCUT2D eigenvalue weighted by atomic mass is 16.5. The van der Waals surface area contributed by atoms with Crippen LogP contribution in [-0.2, 0) is 17.8 Å². The Morgan fingerprint density at radius 3 is 2.87 bits per heavy atom. The normalized spacial score (nSPS) is 14.4. The van der Waals surface area contributed by atoms with E-state index in [4.69, 9.17) is 14.0 Å². The quantitative estimate of drug-likeness (QED) is 0.469. The van der Waals surface area contributed by atoms with E-state index in [1.165, 1.54) is 6.42 Å². The topological polar surface area (TPSA) is 86.1 Å². The third kappa shape index (κ3) is 3.25. The van der Waals surface area contributed by atoms with Crippen molar-refractivity contribution in [1.82, 2.24) is 20.1 Å². The molecule has 154 valence electrons. The van der Waals surface area contributed by atoms with Crippen molar-refractivity contribution < 1.29 is 14.0 Å². The lowest BCUT2D eigenvalue weighted by molar-refractivity contribution is 0.186. The number of allylic oxidation sites excluding steroid dienone is 2. The fourth-order valence-corrected chi connectivity index (χ4v) is 4.06. The maximum Gasteiger partial charge on any atom is 0.276 e. The van der Waals surface area contributed by atoms with Gasteiger partial charge in [0.2, 0.25) is 0 Å². The highest BCUT2D eigenvalue weighted by Crippen LogP contribution is 2.39. The molecule has 0 unspecified atom stereocenters. The number of fused-ring (bicyclic) bond motifs is 3. The molecule has 0 atom stereocenters. The van der Waals surface area contributed by atoms with E-state index in [1.807, 2.05) is 25.3 Å². The van der Waals surface area contributed by atoms with Crippen molar-refractivity contribution in [2.75, 3.05) is 7.11 Å². The molecular weight excluding hydrogens is 380 g/mol. The van der Waals surface area contributed by atoms with E-state index in [9.17, 15) is 0 Å². The first-order chi connectivity index (χ1) is 14.8. The first-order valence-electron chi connectivity index (χ1n) is 10.4. The Balaban J connectivity index is 1.73. The van der Waals surface area contributed by atoms with Gasteiger partial charge in [0.1, 0.15) is 17.2 Å². The van der Waals surface area contributed by atoms with Crippen molar-refractivity contribution in [3.63, 3.8) is 0 Å². The Morgan fingerprint density at radius 1 is 1.17 bits per heavy atom. The van der Waals surface area contributed by atoms with Gasteiger partial charge in [-0.25, -0.2) is 4.98 Å². The molecule has 7 heteroatoms. The minimum atomic E-state index is 0.369. The van der Waals surface area contributed by atoms with E-state index < -0.39 is 0 Å². The zero-order chi connectivity index (χ0) is 20.5. The van der Waals surface area contributed by atoms with Crippen LogP contribution in [0.15, 0.2) is 40.8 Å². The van der Waals surface area contributed by atoms with Crippen LogP contribution in [0.3, 0.4) is 0 Å². The Labute approximate surface area is 174 Å². The van der Waals surface area contributed by atoms with Crippen molar-refractivity contribution >= 4 is 21.8 Å². The fourth-order valence-electron chi connectivity index (χ4n) is 4.06. The molecule has 1 aliphatic carbocycles. The summed E-state index contributed by atoms with van der Waals surface area (Å²) in [6.45, 7) is 2.36. The summed E-state index contributed by atoms with van der Waals surface area (Å²) < 4.78 is 17.4. The number of aromatic amines is 1. The lowest BCUT2D eigenvalue weighted by Gasteiger charge is -2.15. The number of methoxy groups -OCH3 is 1. The second-order valence-corrected chi connectivity index (χ2v) is 7.50. The Hall–Kier alpha value is -3.19. The molecule has 0 amide bonds. The predicted molar refractivity (Wildman–Crippen MR) is 114 cm³/mol. The van der Waals surface area contributed by atoms with Crippen LogP contribution in [0.1, 0.15) is 44.0 Å². The molecule has 3 aromatic heterocycles. The second-order valence-electron chi connectivity index (χ2n) is 7.50. The van der Waals surface area contributed by atoms with Crippen molar-refractivity contribution in [3.05, 3.63) is 47.6 Å². The summed E-state index contributed by atoms with van der Waals surface area (Å²) in [6.07, 6.45) is 9.13. The van der Waals surface area contributed by atoms with Crippen LogP contribution >= 0.6 is 0 Å². The first kappa shape index (κ1) is 18.8. The smallest absolute Gasteiger partial charge is 0.276 e. The van der Waals surface area contributed by atoms with Crippen LogP contribution in [0.25, 0.3) is 33.4 Å². The van der Waals surface area contributed by atoms with Gasteiger partial charge in [-0.05, 0) is 37.5 Å². The van der Waals surface area contributed by atoms with Gasteiger partial charge in [0.15, 0.2) is 5.82 Å². The third-order valence-corrected chi connectivity index (χ3v) is 5.49. The van der Waals surface area contributed by atoms with Crippen LogP contribution < -0.4 is 4.74 Å². The molecule has 3 heterocycles. The second kappa shape index (κ2) is 7.91. The Morgan fingerprint density at radius 2 is 2.10 bits per heavy atom. The van der Waals surface area contributed by atoms with E-state index in [1.54, 1.807) is 7.11 Å². The van der Waals surface area contributed by atoms with Gasteiger partial charge in [0, 0.05) is 30.9 Å². The monoisotopic (exact) mass is 404 g/mol. The van der Waals surface area contributed by atoms with E-state index in [-0.39, 0.29) is 0 Å². The number of H-pyrrole nitrogens is 1. The number of aryl methyl sites for hydroxylation is 1. The van der Waals surface area contributed by atoms with E-state index in [2.05, 4.69) is 32.3 Å². The summed E-state index contributed by atoms with van der Waals surface area (Å²) in [6, 6.07) is 6.07. The number of pyridine rings is 1. The van der Waals surface area contributed by atoms with Gasteiger partial charge in [-0.15, -0.1) is 0 Å². The maximum atomic E-state index is 6.36. The molecule has 0 fully saturated rings. The molecule has 0 spiro atoms. The third-order valence-electron chi connectivity index (χ3n) is 5.49. The summed E-state index contributed by atoms with van der Waals surface area (Å²) in [7, 11) is 1.67. The van der Waals surface area contributed by atoms with Crippen molar-refractivity contribution in [2.45, 2.75) is 45.6 Å². The average molecular weight is 404 g/mol.